The summed E-state index contributed by atoms with van der Waals surface area (Å²) in [5.74, 6) is 0. The van der Waals surface area contributed by atoms with Gasteiger partial charge in [-0.3, -0.25) is 0 Å². The second-order valence-corrected chi connectivity index (χ2v) is 2.77. The van der Waals surface area contributed by atoms with Gasteiger partial charge in [-0.15, -0.1) is 24.5 Å². The lowest BCUT2D eigenvalue weighted by atomic mass is 10.4. The first-order valence-electron chi connectivity index (χ1n) is 5.54. The van der Waals surface area contributed by atoms with Gasteiger partial charge in [-0.1, -0.05) is 39.8 Å². The molecule has 0 aliphatic heterocycles. The van der Waals surface area contributed by atoms with Crippen molar-refractivity contribution in [2.24, 2.45) is 0 Å². The Bertz CT molecular complexity index is 265. The van der Waals surface area contributed by atoms with Gasteiger partial charge in [-0.25, -0.2) is 0 Å². The molecule has 0 radical (unpaired) electrons. The minimum absolute atomic E-state index is 1.35. The van der Waals surface area contributed by atoms with E-state index in [9.17, 15) is 0 Å². The zero-order valence-corrected chi connectivity index (χ0v) is 11.9. The molecule has 1 aromatic rings. The molecule has 0 aliphatic rings. The standard InChI is InChI=1S/C8H10S.2C2H6.C2H4/c1-3-7-5-6-9-8(7)4-2;3*1-2/h3-6H,1-2H3;2*1-2H3;1-2H2/b7-3-,8-4+;;;. The van der Waals surface area contributed by atoms with Crippen molar-refractivity contribution in [2.45, 2.75) is 41.5 Å². The quantitative estimate of drug-likeness (QED) is 0.582. The molecule has 0 amide bonds. The summed E-state index contributed by atoms with van der Waals surface area (Å²) in [5, 5.41) is 3.47. The van der Waals surface area contributed by atoms with Gasteiger partial charge in [0.2, 0.25) is 0 Å². The van der Waals surface area contributed by atoms with E-state index in [1.54, 1.807) is 11.3 Å². The molecule has 88 valence electrons. The highest BCUT2D eigenvalue weighted by Gasteiger charge is 1.79. The molecule has 0 bridgehead atoms. The van der Waals surface area contributed by atoms with E-state index >= 15 is 0 Å². The summed E-state index contributed by atoms with van der Waals surface area (Å²) in [6.07, 6.45) is 4.27. The van der Waals surface area contributed by atoms with Crippen LogP contribution in [0, 0.1) is 0 Å². The summed E-state index contributed by atoms with van der Waals surface area (Å²) >= 11 is 1.79. The first-order chi connectivity index (χ1) is 7.38. The summed E-state index contributed by atoms with van der Waals surface area (Å²) in [6.45, 7) is 18.1. The van der Waals surface area contributed by atoms with Crippen LogP contribution in [0.5, 0.6) is 0 Å². The first-order valence-corrected chi connectivity index (χ1v) is 6.42. The Morgan fingerprint density at radius 2 is 1.47 bits per heavy atom. The maximum Gasteiger partial charge on any atom is 0.0296 e. The largest absolute Gasteiger partial charge is 0.144 e. The van der Waals surface area contributed by atoms with E-state index < -0.39 is 0 Å². The third-order valence-corrected chi connectivity index (χ3v) is 2.30. The monoisotopic (exact) mass is 226 g/mol. The molecule has 0 N–H and O–H groups in total. The van der Waals surface area contributed by atoms with Gasteiger partial charge in [0.05, 0.1) is 0 Å². The molecule has 0 saturated carbocycles. The van der Waals surface area contributed by atoms with E-state index in [0.29, 0.717) is 0 Å². The Labute approximate surface area is 99.7 Å². The Hall–Kier alpha value is -0.820. The topological polar surface area (TPSA) is 0 Å². The van der Waals surface area contributed by atoms with E-state index in [0.717, 1.165) is 0 Å². The van der Waals surface area contributed by atoms with Crippen molar-refractivity contribution in [3.63, 3.8) is 0 Å². The number of thiophene rings is 1. The molecule has 0 saturated heterocycles. The van der Waals surface area contributed by atoms with Crippen molar-refractivity contribution < 1.29 is 0 Å². The molecule has 0 nitrogen and oxygen atoms in total. The van der Waals surface area contributed by atoms with Crippen LogP contribution in [-0.4, -0.2) is 0 Å². The molecule has 0 spiro atoms. The molecule has 15 heavy (non-hydrogen) atoms. The Morgan fingerprint density at radius 1 is 1.00 bits per heavy atom. The van der Waals surface area contributed by atoms with Crippen LogP contribution in [0.15, 0.2) is 24.6 Å². The van der Waals surface area contributed by atoms with E-state index in [1.807, 2.05) is 27.7 Å². The highest BCUT2D eigenvalue weighted by molar-refractivity contribution is 7.07. The van der Waals surface area contributed by atoms with Crippen molar-refractivity contribution in [3.05, 3.63) is 34.4 Å². The second-order valence-electron chi connectivity index (χ2n) is 1.82. The van der Waals surface area contributed by atoms with Crippen LogP contribution < -0.4 is 9.75 Å². The molecule has 1 heteroatoms. The smallest absolute Gasteiger partial charge is 0.0296 e. The van der Waals surface area contributed by atoms with Crippen LogP contribution in [0.25, 0.3) is 12.2 Å². The van der Waals surface area contributed by atoms with Crippen LogP contribution >= 0.6 is 11.3 Å². The van der Waals surface area contributed by atoms with Gasteiger partial charge >= 0.3 is 0 Å². The summed E-state index contributed by atoms with van der Waals surface area (Å²) < 4.78 is 1.37. The average molecular weight is 226 g/mol. The van der Waals surface area contributed by atoms with Gasteiger partial charge in [-0.05, 0) is 30.5 Å². The van der Waals surface area contributed by atoms with Gasteiger partial charge < -0.3 is 0 Å². The fraction of sp³-hybridized carbons (Fsp3) is 0.429. The Balaban J connectivity index is -0.000000208. The van der Waals surface area contributed by atoms with Gasteiger partial charge in [0.1, 0.15) is 0 Å². The number of hydrogen-bond donors (Lipinski definition) is 0. The van der Waals surface area contributed by atoms with Crippen molar-refractivity contribution >= 4 is 23.5 Å². The molecule has 0 fully saturated rings. The molecule has 1 heterocycles. The van der Waals surface area contributed by atoms with Crippen LogP contribution in [0.1, 0.15) is 41.5 Å². The maximum absolute atomic E-state index is 3.00. The van der Waals surface area contributed by atoms with Crippen molar-refractivity contribution in [3.8, 4) is 0 Å². The van der Waals surface area contributed by atoms with Crippen molar-refractivity contribution in [1.82, 2.24) is 0 Å². The lowest BCUT2D eigenvalue weighted by molar-refractivity contribution is 1.50. The number of rotatable bonds is 0. The zero-order valence-electron chi connectivity index (χ0n) is 11.1. The molecule has 0 aromatic carbocycles. The lowest BCUT2D eigenvalue weighted by Gasteiger charge is -1.71. The molecular weight excluding hydrogens is 200 g/mol. The third-order valence-electron chi connectivity index (χ3n) is 1.30. The fourth-order valence-electron chi connectivity index (χ4n) is 0.804. The van der Waals surface area contributed by atoms with E-state index in [2.05, 4.69) is 50.6 Å². The minimum atomic E-state index is 1.35. The van der Waals surface area contributed by atoms with Crippen molar-refractivity contribution in [2.75, 3.05) is 0 Å². The van der Waals surface area contributed by atoms with E-state index in [-0.39, 0.29) is 0 Å². The Morgan fingerprint density at radius 3 is 1.73 bits per heavy atom. The van der Waals surface area contributed by atoms with Crippen LogP contribution in [0.2, 0.25) is 0 Å². The molecule has 0 aliphatic carbocycles. The molecule has 0 unspecified atom stereocenters. The second kappa shape index (κ2) is 18.9. The SMILES string of the molecule is C/C=c1/ccs/c1=C/C.C=C.CC.CC. The molecule has 1 rings (SSSR count). The minimum Gasteiger partial charge on any atom is -0.144 e. The highest BCUT2D eigenvalue weighted by Crippen LogP contribution is 1.79. The van der Waals surface area contributed by atoms with Gasteiger partial charge in [0.15, 0.2) is 0 Å². The van der Waals surface area contributed by atoms with Crippen LogP contribution in [0.3, 0.4) is 0 Å². The van der Waals surface area contributed by atoms with Crippen molar-refractivity contribution in [1.29, 1.82) is 0 Å². The summed E-state index contributed by atoms with van der Waals surface area (Å²) in [5.41, 5.74) is 0. The normalized spacial score (nSPS) is 10.0. The predicted octanol–water partition coefficient (Wildman–Crippen LogP) is 4.20. The predicted molar refractivity (Wildman–Crippen MR) is 77.8 cm³/mol. The van der Waals surface area contributed by atoms with Gasteiger partial charge in [0.25, 0.3) is 0 Å². The highest BCUT2D eigenvalue weighted by atomic mass is 32.1. The number of hydrogen-bond acceptors (Lipinski definition) is 1. The van der Waals surface area contributed by atoms with E-state index in [4.69, 9.17) is 0 Å². The Kier molecular flexibility index (Phi) is 24.8. The molecule has 1 aromatic heterocycles. The van der Waals surface area contributed by atoms with Gasteiger partial charge in [-0.2, -0.15) is 0 Å². The lowest BCUT2D eigenvalue weighted by Crippen LogP contribution is -2.15. The maximum atomic E-state index is 3.00. The van der Waals surface area contributed by atoms with Gasteiger partial charge in [0, 0.05) is 4.53 Å². The fourth-order valence-corrected chi connectivity index (χ4v) is 1.62. The molecular formula is C14H26S. The van der Waals surface area contributed by atoms with Crippen LogP contribution in [0.4, 0.5) is 0 Å². The summed E-state index contributed by atoms with van der Waals surface area (Å²) in [7, 11) is 0. The zero-order chi connectivity index (χ0) is 12.7. The summed E-state index contributed by atoms with van der Waals surface area (Å²) in [4.78, 5) is 0. The average Bonchev–Trinajstić information content (AvgIpc) is 2.84. The third kappa shape index (κ3) is 9.48. The first kappa shape index (κ1) is 19.7. The molecule has 0 atom stereocenters. The van der Waals surface area contributed by atoms with Crippen LogP contribution in [-0.2, 0) is 0 Å². The summed E-state index contributed by atoms with van der Waals surface area (Å²) in [6, 6.07) is 2.14. The van der Waals surface area contributed by atoms with E-state index in [1.165, 1.54) is 9.75 Å².